The molecule has 0 atom stereocenters. The first-order valence-electron chi connectivity index (χ1n) is 6.63. The number of nitrogens with zero attached hydrogens (tertiary/aromatic N) is 1. The number of carbonyl (C=O) groups excluding carboxylic acids is 1. The summed E-state index contributed by atoms with van der Waals surface area (Å²) in [4.78, 5) is 41.3. The van der Waals surface area contributed by atoms with E-state index in [9.17, 15) is 14.4 Å². The number of anilines is 2. The predicted octanol–water partition coefficient (Wildman–Crippen LogP) is 0.526. The highest BCUT2D eigenvalue weighted by atomic mass is 16.2. The number of para-hydroxylation sites is 2. The Balaban J connectivity index is 2.05. The zero-order chi connectivity index (χ0) is 14.8. The Bertz CT molecular complexity index is 765. The van der Waals surface area contributed by atoms with Crippen LogP contribution in [0.5, 0.6) is 0 Å². The van der Waals surface area contributed by atoms with Gasteiger partial charge in [0.25, 0.3) is 11.5 Å². The van der Waals surface area contributed by atoms with Gasteiger partial charge in [0.1, 0.15) is 5.69 Å². The Morgan fingerprint density at radius 1 is 1.14 bits per heavy atom. The molecule has 2 aromatic rings. The van der Waals surface area contributed by atoms with E-state index in [2.05, 4.69) is 15.3 Å². The minimum Gasteiger partial charge on any atom is -0.383 e. The van der Waals surface area contributed by atoms with E-state index in [0.29, 0.717) is 6.54 Å². The minimum atomic E-state index is -0.688. The Morgan fingerprint density at radius 3 is 2.76 bits per heavy atom. The lowest BCUT2D eigenvalue weighted by Gasteiger charge is -2.22. The summed E-state index contributed by atoms with van der Waals surface area (Å²) in [7, 11) is 0. The van der Waals surface area contributed by atoms with Gasteiger partial charge in [-0.2, -0.15) is 0 Å². The molecule has 0 aliphatic carbocycles. The maximum atomic E-state index is 12.6. The van der Waals surface area contributed by atoms with Crippen molar-refractivity contribution in [3.05, 3.63) is 56.9 Å². The standard InChI is InChI=1S/C14H14N4O3/c19-12-8-10(16-14(21)17-12)13(20)18-7-3-6-15-9-4-1-2-5-11(9)18/h1-2,4-5,8,15H,3,6-7H2,(H2,16,17,19,21). The van der Waals surface area contributed by atoms with Crippen molar-refractivity contribution in [1.29, 1.82) is 0 Å². The minimum absolute atomic E-state index is 0.0135. The number of carbonyl (C=O) groups is 1. The Kier molecular flexibility index (Phi) is 3.31. The molecule has 1 aromatic carbocycles. The maximum absolute atomic E-state index is 12.6. The highest BCUT2D eigenvalue weighted by Crippen LogP contribution is 2.28. The van der Waals surface area contributed by atoms with Crippen LogP contribution in [0.3, 0.4) is 0 Å². The summed E-state index contributed by atoms with van der Waals surface area (Å²) in [5.74, 6) is -0.394. The summed E-state index contributed by atoms with van der Waals surface area (Å²) < 4.78 is 0. The first-order chi connectivity index (χ1) is 10.1. The summed E-state index contributed by atoms with van der Waals surface area (Å²) in [6, 6.07) is 8.55. The average molecular weight is 286 g/mol. The van der Waals surface area contributed by atoms with Crippen LogP contribution >= 0.6 is 0 Å². The van der Waals surface area contributed by atoms with Crippen LogP contribution < -0.4 is 21.5 Å². The lowest BCUT2D eigenvalue weighted by Crippen LogP contribution is -2.35. The number of hydrogen-bond acceptors (Lipinski definition) is 4. The van der Waals surface area contributed by atoms with Crippen LogP contribution in [0.15, 0.2) is 39.9 Å². The first-order valence-corrected chi connectivity index (χ1v) is 6.63. The zero-order valence-corrected chi connectivity index (χ0v) is 11.2. The van der Waals surface area contributed by atoms with Crippen molar-refractivity contribution in [3.8, 4) is 0 Å². The van der Waals surface area contributed by atoms with Crippen molar-refractivity contribution in [2.24, 2.45) is 0 Å². The van der Waals surface area contributed by atoms with Gasteiger partial charge >= 0.3 is 5.69 Å². The molecule has 1 aromatic heterocycles. The van der Waals surface area contributed by atoms with Gasteiger partial charge in [-0.1, -0.05) is 12.1 Å². The van der Waals surface area contributed by atoms with Crippen molar-refractivity contribution in [1.82, 2.24) is 9.97 Å². The summed E-state index contributed by atoms with van der Waals surface area (Å²) in [6.07, 6.45) is 0.772. The van der Waals surface area contributed by atoms with Crippen LogP contribution in [0.25, 0.3) is 0 Å². The predicted molar refractivity (Wildman–Crippen MR) is 78.9 cm³/mol. The summed E-state index contributed by atoms with van der Waals surface area (Å²) in [6.45, 7) is 1.27. The number of rotatable bonds is 1. The number of hydrogen-bond donors (Lipinski definition) is 3. The molecule has 0 bridgehead atoms. The summed E-state index contributed by atoms with van der Waals surface area (Å²) >= 11 is 0. The third-order valence-corrected chi connectivity index (χ3v) is 3.30. The molecule has 0 spiro atoms. The molecule has 2 heterocycles. The molecule has 7 nitrogen and oxygen atoms in total. The van der Waals surface area contributed by atoms with Gasteiger partial charge in [-0.3, -0.25) is 14.6 Å². The number of H-pyrrole nitrogens is 2. The fourth-order valence-corrected chi connectivity index (χ4v) is 2.38. The summed E-state index contributed by atoms with van der Waals surface area (Å²) in [5.41, 5.74) is 0.299. The quantitative estimate of drug-likeness (QED) is 0.712. The Morgan fingerprint density at radius 2 is 1.95 bits per heavy atom. The molecular weight excluding hydrogens is 272 g/mol. The van der Waals surface area contributed by atoms with E-state index >= 15 is 0 Å². The van der Waals surface area contributed by atoms with Gasteiger partial charge in [0.05, 0.1) is 11.4 Å². The van der Waals surface area contributed by atoms with Crippen molar-refractivity contribution < 1.29 is 4.79 Å². The number of aromatic nitrogens is 2. The topological polar surface area (TPSA) is 98.1 Å². The molecule has 0 radical (unpaired) electrons. The van der Waals surface area contributed by atoms with Gasteiger partial charge in [0.2, 0.25) is 0 Å². The third-order valence-electron chi connectivity index (χ3n) is 3.30. The number of nitrogens with one attached hydrogen (secondary N) is 3. The molecule has 21 heavy (non-hydrogen) atoms. The molecule has 0 saturated carbocycles. The lowest BCUT2D eigenvalue weighted by molar-refractivity contribution is 0.0982. The van der Waals surface area contributed by atoms with Crippen LogP contribution in [0.1, 0.15) is 16.9 Å². The summed E-state index contributed by atoms with van der Waals surface area (Å²) in [5, 5.41) is 3.25. The van der Waals surface area contributed by atoms with Crippen molar-refractivity contribution in [3.63, 3.8) is 0 Å². The molecule has 1 aliphatic rings. The number of benzene rings is 1. The van der Waals surface area contributed by atoms with Crippen LogP contribution in [-0.4, -0.2) is 29.0 Å². The van der Waals surface area contributed by atoms with Gasteiger partial charge in [-0.25, -0.2) is 4.79 Å². The van der Waals surface area contributed by atoms with Crippen LogP contribution in [0, 0.1) is 0 Å². The van der Waals surface area contributed by atoms with E-state index in [0.717, 1.165) is 30.4 Å². The molecule has 0 unspecified atom stereocenters. The Labute approximate surface area is 119 Å². The molecule has 3 N–H and O–H groups in total. The molecule has 1 amide bonds. The highest BCUT2D eigenvalue weighted by Gasteiger charge is 2.22. The average Bonchev–Trinajstić information content (AvgIpc) is 2.68. The zero-order valence-electron chi connectivity index (χ0n) is 11.2. The van der Waals surface area contributed by atoms with Gasteiger partial charge < -0.3 is 15.2 Å². The normalized spacial score (nSPS) is 14.0. The monoisotopic (exact) mass is 286 g/mol. The molecule has 0 saturated heterocycles. The Hall–Kier alpha value is -2.83. The van der Waals surface area contributed by atoms with Crippen molar-refractivity contribution in [2.75, 3.05) is 23.3 Å². The van der Waals surface area contributed by atoms with E-state index in [-0.39, 0.29) is 5.69 Å². The third kappa shape index (κ3) is 2.58. The second kappa shape index (κ2) is 5.28. The number of amides is 1. The van der Waals surface area contributed by atoms with Crippen LogP contribution in [0.4, 0.5) is 11.4 Å². The van der Waals surface area contributed by atoms with E-state index in [1.165, 1.54) is 0 Å². The molecule has 0 fully saturated rings. The van der Waals surface area contributed by atoms with Gasteiger partial charge in [-0.15, -0.1) is 0 Å². The largest absolute Gasteiger partial charge is 0.383 e. The van der Waals surface area contributed by atoms with Crippen LogP contribution in [0.2, 0.25) is 0 Å². The molecule has 7 heteroatoms. The van der Waals surface area contributed by atoms with E-state index in [4.69, 9.17) is 0 Å². The second-order valence-corrected chi connectivity index (χ2v) is 4.76. The number of aromatic amines is 2. The van der Waals surface area contributed by atoms with Gasteiger partial charge in [-0.05, 0) is 18.6 Å². The fourth-order valence-electron chi connectivity index (χ4n) is 2.38. The maximum Gasteiger partial charge on any atom is 0.326 e. The molecule has 108 valence electrons. The fraction of sp³-hybridized carbons (Fsp3) is 0.214. The molecule has 3 rings (SSSR count). The van der Waals surface area contributed by atoms with E-state index < -0.39 is 17.2 Å². The van der Waals surface area contributed by atoms with Crippen LogP contribution in [-0.2, 0) is 0 Å². The second-order valence-electron chi connectivity index (χ2n) is 4.76. The SMILES string of the molecule is O=C(c1cc(=O)[nH]c(=O)[nH]1)N1CCCNc2ccccc21. The lowest BCUT2D eigenvalue weighted by atomic mass is 10.2. The number of fused-ring (bicyclic) bond motifs is 1. The van der Waals surface area contributed by atoms with Gasteiger partial charge in [0, 0.05) is 19.2 Å². The molecular formula is C14H14N4O3. The van der Waals surface area contributed by atoms with Crippen molar-refractivity contribution in [2.45, 2.75) is 6.42 Å². The van der Waals surface area contributed by atoms with Crippen molar-refractivity contribution >= 4 is 17.3 Å². The highest BCUT2D eigenvalue weighted by molar-refractivity contribution is 6.06. The molecule has 1 aliphatic heterocycles. The van der Waals surface area contributed by atoms with E-state index in [1.54, 1.807) is 4.90 Å². The van der Waals surface area contributed by atoms with Gasteiger partial charge in [0.15, 0.2) is 0 Å². The smallest absolute Gasteiger partial charge is 0.326 e. The first kappa shape index (κ1) is 13.2. The van der Waals surface area contributed by atoms with E-state index in [1.807, 2.05) is 24.3 Å².